The van der Waals surface area contributed by atoms with E-state index in [1.807, 2.05) is 0 Å². The summed E-state index contributed by atoms with van der Waals surface area (Å²) in [7, 11) is -3.38. The molecule has 33 heavy (non-hydrogen) atoms. The van der Waals surface area contributed by atoms with E-state index in [9.17, 15) is 30.8 Å². The highest BCUT2D eigenvalue weighted by atomic mass is 32.2. The van der Waals surface area contributed by atoms with Gasteiger partial charge in [-0.3, -0.25) is 4.79 Å². The molecule has 0 unspecified atom stereocenters. The summed E-state index contributed by atoms with van der Waals surface area (Å²) in [5.74, 6) is -1.59. The number of carbonyl (C=O) groups excluding carboxylic acids is 1. The van der Waals surface area contributed by atoms with E-state index in [1.165, 1.54) is 41.9 Å². The quantitative estimate of drug-likeness (QED) is 0.493. The van der Waals surface area contributed by atoms with Gasteiger partial charge in [0.05, 0.1) is 17.1 Å². The van der Waals surface area contributed by atoms with Gasteiger partial charge in [-0.05, 0) is 53.7 Å². The average molecular weight is 486 g/mol. The van der Waals surface area contributed by atoms with E-state index in [2.05, 4.69) is 20.8 Å². The molecule has 176 valence electrons. The van der Waals surface area contributed by atoms with Gasteiger partial charge in [0.1, 0.15) is 12.4 Å². The summed E-state index contributed by atoms with van der Waals surface area (Å²) >= 11 is 0. The fraction of sp³-hybridized carbons (Fsp3) is 0.263. The lowest BCUT2D eigenvalue weighted by Gasteiger charge is -2.13. The van der Waals surface area contributed by atoms with E-state index in [0.29, 0.717) is 5.69 Å². The molecule has 1 heterocycles. The summed E-state index contributed by atoms with van der Waals surface area (Å²) in [4.78, 5) is 12.1. The number of halogens is 4. The number of amides is 1. The highest BCUT2D eigenvalue weighted by Crippen LogP contribution is 2.22. The number of anilines is 1. The van der Waals surface area contributed by atoms with Gasteiger partial charge in [0, 0.05) is 23.1 Å². The number of sulfone groups is 1. The molecule has 0 saturated heterocycles. The molecule has 0 atom stereocenters. The summed E-state index contributed by atoms with van der Waals surface area (Å²) < 4.78 is 75.8. The number of hydrogen-bond acceptors (Lipinski definition) is 7. The van der Waals surface area contributed by atoms with Crippen LogP contribution in [-0.4, -0.2) is 53.5 Å². The van der Waals surface area contributed by atoms with Crippen molar-refractivity contribution in [2.75, 3.05) is 18.1 Å². The largest absolute Gasteiger partial charge is 0.405 e. The van der Waals surface area contributed by atoms with Crippen molar-refractivity contribution in [1.29, 1.82) is 0 Å². The molecule has 2 N–H and O–H groups in total. The monoisotopic (exact) mass is 486 g/mol. The lowest BCUT2D eigenvalue weighted by molar-refractivity contribution is -0.123. The highest BCUT2D eigenvalue weighted by Gasteiger charge is 2.28. The average Bonchev–Trinajstić information content (AvgIpc) is 3.20. The van der Waals surface area contributed by atoms with Crippen LogP contribution in [0.25, 0.3) is 5.69 Å². The third kappa shape index (κ3) is 6.03. The molecule has 0 radical (unpaired) electrons. The maximum Gasteiger partial charge on any atom is 0.405 e. The van der Waals surface area contributed by atoms with E-state index >= 15 is 0 Å². The van der Waals surface area contributed by atoms with E-state index in [0.717, 1.165) is 12.3 Å². The van der Waals surface area contributed by atoms with Crippen molar-refractivity contribution in [3.63, 3.8) is 0 Å². The number of nitrogens with one attached hydrogen (secondary N) is 2. The molecule has 3 rings (SSSR count). The Morgan fingerprint density at radius 1 is 1.15 bits per heavy atom. The number of nitrogens with zero attached hydrogens (tertiary/aromatic N) is 4. The Labute approximate surface area is 185 Å². The molecular weight excluding hydrogens is 468 g/mol. The molecule has 0 spiro atoms. The Bertz CT molecular complexity index is 1270. The highest BCUT2D eigenvalue weighted by molar-refractivity contribution is 7.90. The molecule has 0 fully saturated rings. The Morgan fingerprint density at radius 2 is 1.82 bits per heavy atom. The topological polar surface area (TPSA) is 119 Å². The number of tetrazole rings is 1. The molecule has 0 aliphatic heterocycles. The zero-order chi connectivity index (χ0) is 24.4. The second kappa shape index (κ2) is 9.13. The first-order chi connectivity index (χ1) is 15.3. The van der Waals surface area contributed by atoms with Crippen molar-refractivity contribution in [3.8, 4) is 5.69 Å². The Hall–Kier alpha value is -3.55. The van der Waals surface area contributed by atoms with Crippen LogP contribution in [0.15, 0.2) is 41.3 Å². The number of benzene rings is 2. The van der Waals surface area contributed by atoms with Gasteiger partial charge in [0.15, 0.2) is 15.7 Å². The van der Waals surface area contributed by atoms with E-state index in [4.69, 9.17) is 0 Å². The molecule has 3 aromatic rings. The summed E-state index contributed by atoms with van der Waals surface area (Å²) in [6.07, 6.45) is -3.52. The molecular formula is C19H18F4N6O3S. The fourth-order valence-corrected chi connectivity index (χ4v) is 3.43. The van der Waals surface area contributed by atoms with Crippen LogP contribution >= 0.6 is 0 Å². The van der Waals surface area contributed by atoms with Crippen molar-refractivity contribution in [1.82, 2.24) is 25.5 Å². The predicted molar refractivity (Wildman–Crippen MR) is 109 cm³/mol. The van der Waals surface area contributed by atoms with Crippen molar-refractivity contribution in [3.05, 3.63) is 59.2 Å². The molecule has 2 aromatic carbocycles. The number of carbonyl (C=O) groups is 1. The Kier molecular flexibility index (Phi) is 6.67. The summed E-state index contributed by atoms with van der Waals surface area (Å²) in [5.41, 5.74) is 0.473. The minimum Gasteiger partial charge on any atom is -0.377 e. The van der Waals surface area contributed by atoms with Crippen molar-refractivity contribution in [2.24, 2.45) is 0 Å². The van der Waals surface area contributed by atoms with Crippen LogP contribution in [0.4, 0.5) is 23.2 Å². The van der Waals surface area contributed by atoms with Gasteiger partial charge in [0.2, 0.25) is 0 Å². The van der Waals surface area contributed by atoms with Crippen LogP contribution in [0.1, 0.15) is 21.7 Å². The summed E-state index contributed by atoms with van der Waals surface area (Å²) in [6, 6.07) is 7.87. The second-order valence-corrected chi connectivity index (χ2v) is 9.07. The van der Waals surface area contributed by atoms with E-state index < -0.39 is 34.3 Å². The third-order valence-electron chi connectivity index (χ3n) is 4.54. The minimum atomic E-state index is -4.60. The van der Waals surface area contributed by atoms with Crippen LogP contribution in [0.5, 0.6) is 0 Å². The van der Waals surface area contributed by atoms with Gasteiger partial charge >= 0.3 is 6.18 Å². The molecule has 9 nitrogen and oxygen atoms in total. The van der Waals surface area contributed by atoms with E-state index in [-0.39, 0.29) is 34.1 Å². The smallest absolute Gasteiger partial charge is 0.377 e. The van der Waals surface area contributed by atoms with Crippen molar-refractivity contribution in [2.45, 2.75) is 24.5 Å². The molecule has 1 amide bonds. The molecule has 1 aromatic heterocycles. The third-order valence-corrected chi connectivity index (χ3v) is 5.66. The van der Waals surface area contributed by atoms with Crippen LogP contribution < -0.4 is 10.6 Å². The van der Waals surface area contributed by atoms with Crippen molar-refractivity contribution < 1.29 is 30.8 Å². The zero-order valence-corrected chi connectivity index (χ0v) is 18.1. The van der Waals surface area contributed by atoms with Crippen LogP contribution in [0.3, 0.4) is 0 Å². The SMILES string of the molecule is Cc1c(F)cc(C(=O)NCC(F)(F)F)cc1NCc1nnnn1-c1ccc(S(C)(=O)=O)cc1. The van der Waals surface area contributed by atoms with Gasteiger partial charge in [0.25, 0.3) is 5.91 Å². The summed E-state index contributed by atoms with van der Waals surface area (Å²) in [6.45, 7) is -0.145. The van der Waals surface area contributed by atoms with Gasteiger partial charge in [-0.25, -0.2) is 12.8 Å². The van der Waals surface area contributed by atoms with Gasteiger partial charge in [-0.2, -0.15) is 17.9 Å². The first kappa shape index (κ1) is 24.1. The number of aromatic nitrogens is 4. The minimum absolute atomic E-state index is 0.0330. The molecule has 0 saturated carbocycles. The van der Waals surface area contributed by atoms with Crippen molar-refractivity contribution >= 4 is 21.4 Å². The van der Waals surface area contributed by atoms with Gasteiger partial charge < -0.3 is 10.6 Å². The maximum atomic E-state index is 14.3. The predicted octanol–water partition coefficient (Wildman–Crippen LogP) is 2.42. The van der Waals surface area contributed by atoms with Crippen LogP contribution in [-0.2, 0) is 16.4 Å². The molecule has 0 aliphatic carbocycles. The van der Waals surface area contributed by atoms with Crippen LogP contribution in [0.2, 0.25) is 0 Å². The normalized spacial score (nSPS) is 11.9. The van der Waals surface area contributed by atoms with Crippen LogP contribution in [0, 0.1) is 12.7 Å². The molecule has 14 heteroatoms. The molecule has 0 aliphatic rings. The van der Waals surface area contributed by atoms with Gasteiger partial charge in [-0.15, -0.1) is 5.10 Å². The standard InChI is InChI=1S/C19H18F4N6O3S/c1-11-15(20)7-12(18(30)25-10-19(21,22)23)8-16(11)24-9-17-26-27-28-29(17)13-3-5-14(6-4-13)33(2,31)32/h3-8,24H,9-10H2,1-2H3,(H,25,30). The first-order valence-corrected chi connectivity index (χ1v) is 11.2. The Balaban J connectivity index is 1.79. The molecule has 0 bridgehead atoms. The summed E-state index contributed by atoms with van der Waals surface area (Å²) in [5, 5.41) is 15.8. The zero-order valence-electron chi connectivity index (χ0n) is 17.3. The second-order valence-electron chi connectivity index (χ2n) is 7.06. The Morgan fingerprint density at radius 3 is 2.42 bits per heavy atom. The number of hydrogen-bond donors (Lipinski definition) is 2. The first-order valence-electron chi connectivity index (χ1n) is 9.32. The fourth-order valence-electron chi connectivity index (χ4n) is 2.80. The number of rotatable bonds is 7. The van der Waals surface area contributed by atoms with Gasteiger partial charge in [-0.1, -0.05) is 0 Å². The number of alkyl halides is 3. The lowest BCUT2D eigenvalue weighted by atomic mass is 10.1. The van der Waals surface area contributed by atoms with E-state index in [1.54, 1.807) is 5.32 Å². The maximum absolute atomic E-state index is 14.3. The lowest BCUT2D eigenvalue weighted by Crippen LogP contribution is -2.33.